The molecule has 5 N–H and O–H groups in total. The second-order valence-corrected chi connectivity index (χ2v) is 6.65. The molecule has 0 saturated carbocycles. The van der Waals surface area contributed by atoms with Gasteiger partial charge in [0.2, 0.25) is 0 Å². The standard InChI is InChI=1S/C19H22N2O5S/c1-20-18(12-14-4-8-16(25-3)9-5-14)19(21-2)13-15-6-10-17(11-7-15)26-27(22,23)24/h4-13,20-21H,1-3H3,(H,22,23,24)/p+2. The molecule has 0 atom stereocenters. The second-order valence-electron chi connectivity index (χ2n) is 5.63. The molecule has 2 aromatic carbocycles. The Morgan fingerprint density at radius 2 is 1.26 bits per heavy atom. The quantitative estimate of drug-likeness (QED) is 0.452. The number of likely N-dealkylation sites (N-methyl/N-ethyl adjacent to an activating group) is 2. The zero-order valence-corrected chi connectivity index (χ0v) is 16.2. The largest absolute Gasteiger partial charge is 0.497 e. The molecular weight excluding hydrogens is 368 g/mol. The maximum absolute atomic E-state index is 10.7. The van der Waals surface area contributed by atoms with Gasteiger partial charge in [-0.1, -0.05) is 24.3 Å². The molecule has 0 bridgehead atoms. The van der Waals surface area contributed by atoms with Crippen molar-refractivity contribution < 1.29 is 32.5 Å². The van der Waals surface area contributed by atoms with Gasteiger partial charge >= 0.3 is 10.4 Å². The summed E-state index contributed by atoms with van der Waals surface area (Å²) in [4.78, 5) is 0. The van der Waals surface area contributed by atoms with Gasteiger partial charge in [0.25, 0.3) is 0 Å². The zero-order chi connectivity index (χ0) is 19.9. The molecule has 0 unspecified atom stereocenters. The van der Waals surface area contributed by atoms with Crippen LogP contribution in [0.1, 0.15) is 11.1 Å². The summed E-state index contributed by atoms with van der Waals surface area (Å²) in [5, 5.41) is 4.02. The minimum absolute atomic E-state index is 0.0488. The van der Waals surface area contributed by atoms with Gasteiger partial charge in [0.05, 0.1) is 21.2 Å². The van der Waals surface area contributed by atoms with Gasteiger partial charge in [0.15, 0.2) is 11.4 Å². The fraction of sp³-hybridized carbons (Fsp3) is 0.158. The number of benzene rings is 2. The summed E-state index contributed by atoms with van der Waals surface area (Å²) in [7, 11) is 1.03. The van der Waals surface area contributed by atoms with Crippen LogP contribution < -0.4 is 19.6 Å². The van der Waals surface area contributed by atoms with Gasteiger partial charge in [-0.2, -0.15) is 8.42 Å². The predicted molar refractivity (Wildman–Crippen MR) is 103 cm³/mol. The third-order valence-corrected chi connectivity index (χ3v) is 4.20. The molecule has 0 aliphatic carbocycles. The smallest absolute Gasteiger partial charge is 0.446 e. The highest BCUT2D eigenvalue weighted by atomic mass is 32.3. The molecule has 0 aliphatic rings. The molecule has 0 amide bonds. The number of quaternary nitrogens is 2. The molecule has 0 fully saturated rings. The number of hydrogen-bond donors (Lipinski definition) is 3. The van der Waals surface area contributed by atoms with E-state index in [1.165, 1.54) is 12.1 Å². The topological polar surface area (TPSA) is 106 Å². The van der Waals surface area contributed by atoms with Gasteiger partial charge in [-0.15, -0.1) is 0 Å². The van der Waals surface area contributed by atoms with Crippen molar-refractivity contribution >= 4 is 22.6 Å². The molecule has 7 nitrogen and oxygen atoms in total. The first-order valence-electron chi connectivity index (χ1n) is 8.28. The van der Waals surface area contributed by atoms with Crippen LogP contribution >= 0.6 is 0 Å². The molecule has 0 radical (unpaired) electrons. The van der Waals surface area contributed by atoms with Crippen molar-refractivity contribution in [2.24, 2.45) is 0 Å². The van der Waals surface area contributed by atoms with Crippen LogP contribution in [0.4, 0.5) is 0 Å². The van der Waals surface area contributed by atoms with E-state index in [0.717, 1.165) is 28.3 Å². The monoisotopic (exact) mass is 392 g/mol. The van der Waals surface area contributed by atoms with Crippen LogP contribution in [0.3, 0.4) is 0 Å². The number of ether oxygens (including phenoxy) is 1. The molecule has 8 heteroatoms. The van der Waals surface area contributed by atoms with E-state index in [4.69, 9.17) is 9.29 Å². The first kappa shape index (κ1) is 20.7. The Morgan fingerprint density at radius 1 is 0.852 bits per heavy atom. The lowest BCUT2D eigenvalue weighted by molar-refractivity contribution is -0.626. The van der Waals surface area contributed by atoms with Gasteiger partial charge in [-0.05, 0) is 35.4 Å². The third-order valence-electron chi connectivity index (χ3n) is 3.80. The van der Waals surface area contributed by atoms with Crippen LogP contribution in [0.2, 0.25) is 0 Å². The third kappa shape index (κ3) is 6.54. The first-order chi connectivity index (χ1) is 12.8. The predicted octanol–water partition coefficient (Wildman–Crippen LogP) is 0.645. The van der Waals surface area contributed by atoms with Gasteiger partial charge in [0, 0.05) is 12.2 Å². The van der Waals surface area contributed by atoms with E-state index in [1.807, 2.05) is 55.1 Å². The van der Waals surface area contributed by atoms with Gasteiger partial charge in [-0.25, -0.2) is 0 Å². The Hall–Kier alpha value is -2.65. The van der Waals surface area contributed by atoms with Crippen LogP contribution in [0, 0.1) is 0 Å². The molecule has 144 valence electrons. The minimum Gasteiger partial charge on any atom is -0.497 e. The number of hydrogen-bond acceptors (Lipinski definition) is 4. The lowest BCUT2D eigenvalue weighted by Gasteiger charge is -2.06. The maximum Gasteiger partial charge on any atom is 0.446 e. The van der Waals surface area contributed by atoms with E-state index in [0.29, 0.717) is 0 Å². The van der Waals surface area contributed by atoms with Gasteiger partial charge in [-0.3, -0.25) is 4.55 Å². The van der Waals surface area contributed by atoms with Crippen molar-refractivity contribution in [3.63, 3.8) is 0 Å². The molecule has 2 aromatic rings. The van der Waals surface area contributed by atoms with Crippen molar-refractivity contribution in [3.05, 3.63) is 71.1 Å². The van der Waals surface area contributed by atoms with Crippen molar-refractivity contribution in [1.82, 2.24) is 0 Å². The van der Waals surface area contributed by atoms with E-state index in [-0.39, 0.29) is 5.75 Å². The molecule has 0 heterocycles. The van der Waals surface area contributed by atoms with E-state index in [2.05, 4.69) is 10.3 Å². The van der Waals surface area contributed by atoms with E-state index >= 15 is 0 Å². The lowest BCUT2D eigenvalue weighted by atomic mass is 10.1. The van der Waals surface area contributed by atoms with Crippen LogP contribution in [0.15, 0.2) is 59.9 Å². The Bertz CT molecular complexity index is 918. The summed E-state index contributed by atoms with van der Waals surface area (Å²) in [6, 6.07) is 14.2. The van der Waals surface area contributed by atoms with Crippen molar-refractivity contribution in [1.29, 1.82) is 0 Å². The normalized spacial score (nSPS) is 12.7. The highest BCUT2D eigenvalue weighted by molar-refractivity contribution is 7.81. The van der Waals surface area contributed by atoms with E-state index in [9.17, 15) is 8.42 Å². The highest BCUT2D eigenvalue weighted by Gasteiger charge is 2.12. The van der Waals surface area contributed by atoms with Crippen LogP contribution in [-0.2, 0) is 10.4 Å². The zero-order valence-electron chi connectivity index (χ0n) is 15.4. The Morgan fingerprint density at radius 3 is 1.59 bits per heavy atom. The summed E-state index contributed by atoms with van der Waals surface area (Å²) in [6.45, 7) is 0. The average molecular weight is 392 g/mol. The molecular formula is C19H24N2O5S+2. The molecule has 2 rings (SSSR count). The number of methoxy groups -OCH3 is 1. The minimum atomic E-state index is -4.52. The molecule has 0 saturated heterocycles. The molecule has 27 heavy (non-hydrogen) atoms. The maximum atomic E-state index is 10.7. The Kier molecular flexibility index (Phi) is 7.14. The Labute approximate surface area is 159 Å². The van der Waals surface area contributed by atoms with Crippen LogP contribution in [0.5, 0.6) is 11.5 Å². The van der Waals surface area contributed by atoms with Gasteiger partial charge < -0.3 is 19.6 Å². The number of nitrogens with two attached hydrogens (primary N) is 2. The van der Waals surface area contributed by atoms with Crippen molar-refractivity contribution in [2.75, 3.05) is 21.2 Å². The second kappa shape index (κ2) is 9.33. The fourth-order valence-electron chi connectivity index (χ4n) is 2.47. The molecule has 0 aromatic heterocycles. The van der Waals surface area contributed by atoms with E-state index < -0.39 is 10.4 Å². The average Bonchev–Trinajstić information content (AvgIpc) is 2.65. The van der Waals surface area contributed by atoms with E-state index in [1.54, 1.807) is 19.2 Å². The summed E-state index contributed by atoms with van der Waals surface area (Å²) in [5.41, 5.74) is 3.97. The lowest BCUT2D eigenvalue weighted by Crippen LogP contribution is -2.87. The summed E-state index contributed by atoms with van der Waals surface area (Å²) < 4.78 is 39.8. The van der Waals surface area contributed by atoms with Crippen LogP contribution in [0.25, 0.3) is 12.2 Å². The summed E-state index contributed by atoms with van der Waals surface area (Å²) in [5.74, 6) is 0.854. The van der Waals surface area contributed by atoms with Crippen molar-refractivity contribution in [2.45, 2.75) is 0 Å². The summed E-state index contributed by atoms with van der Waals surface area (Å²) in [6.07, 6.45) is 4.05. The van der Waals surface area contributed by atoms with Gasteiger partial charge in [0.1, 0.15) is 11.5 Å². The van der Waals surface area contributed by atoms with Crippen LogP contribution in [-0.4, -0.2) is 34.2 Å². The molecule has 0 aliphatic heterocycles. The summed E-state index contributed by atoms with van der Waals surface area (Å²) >= 11 is 0. The fourth-order valence-corrected chi connectivity index (χ4v) is 2.82. The first-order valence-corrected chi connectivity index (χ1v) is 9.64. The highest BCUT2D eigenvalue weighted by Crippen LogP contribution is 2.17. The number of rotatable bonds is 8. The molecule has 0 spiro atoms. The Balaban J connectivity index is 2.27. The van der Waals surface area contributed by atoms with Crippen molar-refractivity contribution in [3.8, 4) is 11.5 Å². The SMILES string of the molecule is C[NH2+]C(=Cc1ccc(OC)cc1)C(=Cc1ccc(OS(=O)(=O)O)cc1)[NH2+]C.